The van der Waals surface area contributed by atoms with Gasteiger partial charge in [0.25, 0.3) is 0 Å². The number of benzene rings is 1. The molecule has 2 aromatic rings. The molecule has 0 saturated carbocycles. The molecule has 1 aromatic carbocycles. The summed E-state index contributed by atoms with van der Waals surface area (Å²) in [5, 5.41) is 8.50. The summed E-state index contributed by atoms with van der Waals surface area (Å²) in [5.74, 6) is 1.06. The molecule has 1 aromatic heterocycles. The Labute approximate surface area is 116 Å². The first kappa shape index (κ1) is 13.6. The van der Waals surface area contributed by atoms with Crippen molar-refractivity contribution in [3.05, 3.63) is 23.4 Å². The number of nitrogens with zero attached hydrogens (tertiary/aromatic N) is 3. The van der Waals surface area contributed by atoms with Gasteiger partial charge in [0, 0.05) is 12.1 Å². The van der Waals surface area contributed by atoms with Crippen LogP contribution in [0.5, 0.6) is 11.5 Å². The van der Waals surface area contributed by atoms with Crippen LogP contribution < -0.4 is 15.2 Å². The first-order valence-electron chi connectivity index (χ1n) is 5.72. The first-order valence-corrected chi connectivity index (χ1v) is 6.10. The Kier molecular flexibility index (Phi) is 4.24. The number of aromatic nitrogens is 3. The normalized spacial score (nSPS) is 10.5. The lowest BCUT2D eigenvalue weighted by atomic mass is 10.1. The SMILES string of the molecule is COc1ccc(-c2cn(CCN)nn2)c(Cl)c1OC. The zero-order valence-corrected chi connectivity index (χ0v) is 11.5. The van der Waals surface area contributed by atoms with Crippen molar-refractivity contribution < 1.29 is 9.47 Å². The summed E-state index contributed by atoms with van der Waals surface area (Å²) in [6.07, 6.45) is 1.79. The fourth-order valence-corrected chi connectivity index (χ4v) is 2.08. The molecule has 0 saturated heterocycles. The molecule has 7 heteroatoms. The van der Waals surface area contributed by atoms with Gasteiger partial charge in [0.15, 0.2) is 11.5 Å². The molecule has 0 aliphatic carbocycles. The molecule has 2 rings (SSSR count). The number of hydrogen-bond donors (Lipinski definition) is 1. The molecule has 19 heavy (non-hydrogen) atoms. The predicted molar refractivity (Wildman–Crippen MR) is 72.6 cm³/mol. The Morgan fingerprint density at radius 3 is 2.74 bits per heavy atom. The highest BCUT2D eigenvalue weighted by Crippen LogP contribution is 2.40. The van der Waals surface area contributed by atoms with E-state index in [2.05, 4.69) is 10.3 Å². The Hall–Kier alpha value is -1.79. The van der Waals surface area contributed by atoms with Crippen molar-refractivity contribution in [1.29, 1.82) is 0 Å². The highest BCUT2D eigenvalue weighted by Gasteiger charge is 2.16. The molecule has 0 bridgehead atoms. The van der Waals surface area contributed by atoms with E-state index in [0.29, 0.717) is 35.3 Å². The van der Waals surface area contributed by atoms with Crippen molar-refractivity contribution >= 4 is 11.6 Å². The van der Waals surface area contributed by atoms with Gasteiger partial charge in [0.2, 0.25) is 0 Å². The average Bonchev–Trinajstić information content (AvgIpc) is 2.87. The average molecular weight is 283 g/mol. The van der Waals surface area contributed by atoms with Gasteiger partial charge < -0.3 is 15.2 Å². The van der Waals surface area contributed by atoms with Gasteiger partial charge in [-0.15, -0.1) is 5.10 Å². The molecule has 1 heterocycles. The van der Waals surface area contributed by atoms with Crippen molar-refractivity contribution in [1.82, 2.24) is 15.0 Å². The molecular weight excluding hydrogens is 268 g/mol. The standard InChI is InChI=1S/C12H15ClN4O2/c1-18-10-4-3-8(11(13)12(10)19-2)9-7-17(6-5-14)16-15-9/h3-4,7H,5-6,14H2,1-2H3. The molecule has 0 atom stereocenters. The molecule has 2 N–H and O–H groups in total. The van der Waals surface area contributed by atoms with Crippen LogP contribution in [0, 0.1) is 0 Å². The Bertz CT molecular complexity index is 571. The van der Waals surface area contributed by atoms with Gasteiger partial charge in [-0.2, -0.15) is 0 Å². The number of hydrogen-bond acceptors (Lipinski definition) is 5. The Morgan fingerprint density at radius 2 is 2.11 bits per heavy atom. The maximum atomic E-state index is 6.31. The van der Waals surface area contributed by atoms with Crippen molar-refractivity contribution in [2.75, 3.05) is 20.8 Å². The van der Waals surface area contributed by atoms with Crippen LogP contribution in [-0.2, 0) is 6.54 Å². The van der Waals surface area contributed by atoms with Gasteiger partial charge in [-0.1, -0.05) is 16.8 Å². The first-order chi connectivity index (χ1) is 9.21. The van der Waals surface area contributed by atoms with Crippen LogP contribution in [0.4, 0.5) is 0 Å². The smallest absolute Gasteiger partial charge is 0.180 e. The molecule has 102 valence electrons. The van der Waals surface area contributed by atoms with Crippen LogP contribution in [0.3, 0.4) is 0 Å². The van der Waals surface area contributed by atoms with Crippen molar-refractivity contribution in [2.45, 2.75) is 6.54 Å². The Morgan fingerprint density at radius 1 is 1.32 bits per heavy atom. The maximum absolute atomic E-state index is 6.31. The number of methoxy groups -OCH3 is 2. The van der Waals surface area contributed by atoms with E-state index in [1.165, 1.54) is 0 Å². The van der Waals surface area contributed by atoms with Gasteiger partial charge in [0.05, 0.1) is 32.0 Å². The summed E-state index contributed by atoms with van der Waals surface area (Å²) in [6.45, 7) is 1.11. The number of ether oxygens (including phenoxy) is 2. The summed E-state index contributed by atoms with van der Waals surface area (Å²) >= 11 is 6.31. The quantitative estimate of drug-likeness (QED) is 0.901. The second kappa shape index (κ2) is 5.90. The van der Waals surface area contributed by atoms with E-state index in [4.69, 9.17) is 26.8 Å². The Balaban J connectivity index is 2.44. The van der Waals surface area contributed by atoms with Crippen LogP contribution in [0.2, 0.25) is 5.02 Å². The zero-order chi connectivity index (χ0) is 13.8. The molecule has 0 aliphatic rings. The predicted octanol–water partition coefficient (Wildman–Crippen LogP) is 1.57. The van der Waals surface area contributed by atoms with E-state index in [-0.39, 0.29) is 0 Å². The topological polar surface area (TPSA) is 75.2 Å². The fraction of sp³-hybridized carbons (Fsp3) is 0.333. The lowest BCUT2D eigenvalue weighted by Crippen LogP contribution is -2.10. The van der Waals surface area contributed by atoms with E-state index < -0.39 is 0 Å². The molecule has 6 nitrogen and oxygen atoms in total. The second-order valence-electron chi connectivity index (χ2n) is 3.82. The van der Waals surface area contributed by atoms with Gasteiger partial charge in [-0.25, -0.2) is 0 Å². The summed E-state index contributed by atoms with van der Waals surface area (Å²) in [4.78, 5) is 0. The van der Waals surface area contributed by atoms with E-state index in [1.807, 2.05) is 6.07 Å². The van der Waals surface area contributed by atoms with Gasteiger partial charge in [0.1, 0.15) is 5.69 Å². The molecular formula is C12H15ClN4O2. The summed E-state index contributed by atoms with van der Waals surface area (Å²) in [7, 11) is 3.10. The zero-order valence-electron chi connectivity index (χ0n) is 10.8. The lowest BCUT2D eigenvalue weighted by molar-refractivity contribution is 0.355. The number of halogens is 1. The van der Waals surface area contributed by atoms with Gasteiger partial charge in [-0.3, -0.25) is 4.68 Å². The van der Waals surface area contributed by atoms with Gasteiger partial charge in [-0.05, 0) is 12.1 Å². The third-order valence-electron chi connectivity index (χ3n) is 2.66. The molecule has 0 unspecified atom stereocenters. The van der Waals surface area contributed by atoms with Crippen molar-refractivity contribution in [3.63, 3.8) is 0 Å². The van der Waals surface area contributed by atoms with E-state index in [9.17, 15) is 0 Å². The molecule has 0 fully saturated rings. The van der Waals surface area contributed by atoms with E-state index in [0.717, 1.165) is 5.56 Å². The summed E-state index contributed by atoms with van der Waals surface area (Å²) in [5.41, 5.74) is 6.88. The third kappa shape index (κ3) is 2.64. The van der Waals surface area contributed by atoms with Crippen LogP contribution in [0.15, 0.2) is 18.3 Å². The second-order valence-corrected chi connectivity index (χ2v) is 4.20. The van der Waals surface area contributed by atoms with Crippen molar-refractivity contribution in [2.24, 2.45) is 5.73 Å². The summed E-state index contributed by atoms with van der Waals surface area (Å²) in [6, 6.07) is 3.60. The third-order valence-corrected chi connectivity index (χ3v) is 3.03. The van der Waals surface area contributed by atoms with E-state index >= 15 is 0 Å². The largest absolute Gasteiger partial charge is 0.493 e. The number of rotatable bonds is 5. The van der Waals surface area contributed by atoms with Crippen LogP contribution in [0.1, 0.15) is 0 Å². The highest BCUT2D eigenvalue weighted by molar-refractivity contribution is 6.35. The fourth-order valence-electron chi connectivity index (χ4n) is 1.75. The number of nitrogens with two attached hydrogens (primary N) is 1. The van der Waals surface area contributed by atoms with Gasteiger partial charge >= 0.3 is 0 Å². The minimum Gasteiger partial charge on any atom is -0.493 e. The minimum atomic E-state index is 0.446. The van der Waals surface area contributed by atoms with Crippen LogP contribution in [-0.4, -0.2) is 35.8 Å². The van der Waals surface area contributed by atoms with Crippen LogP contribution in [0.25, 0.3) is 11.3 Å². The highest BCUT2D eigenvalue weighted by atomic mass is 35.5. The minimum absolute atomic E-state index is 0.446. The lowest BCUT2D eigenvalue weighted by Gasteiger charge is -2.11. The van der Waals surface area contributed by atoms with Crippen LogP contribution >= 0.6 is 11.6 Å². The molecule has 0 spiro atoms. The maximum Gasteiger partial charge on any atom is 0.180 e. The molecule has 0 amide bonds. The monoisotopic (exact) mass is 282 g/mol. The summed E-state index contributed by atoms with van der Waals surface area (Å²) < 4.78 is 12.1. The van der Waals surface area contributed by atoms with Crippen molar-refractivity contribution in [3.8, 4) is 22.8 Å². The van der Waals surface area contributed by atoms with E-state index in [1.54, 1.807) is 31.2 Å². The molecule has 0 radical (unpaired) electrons. The molecule has 0 aliphatic heterocycles.